The molecule has 5 nitrogen and oxygen atoms in total. The molecule has 1 N–H and O–H groups in total. The number of thiazole rings is 1. The van der Waals surface area contributed by atoms with Crippen LogP contribution in [0.15, 0.2) is 24.4 Å². The summed E-state index contributed by atoms with van der Waals surface area (Å²) in [7, 11) is 0. The van der Waals surface area contributed by atoms with Gasteiger partial charge in [0.1, 0.15) is 0 Å². The fourth-order valence-corrected chi connectivity index (χ4v) is 4.18. The van der Waals surface area contributed by atoms with Crippen LogP contribution in [0.2, 0.25) is 0 Å². The molecule has 3 rings (SSSR count). The average molecular weight is 344 g/mol. The molecule has 2 aromatic heterocycles. The smallest absolute Gasteiger partial charge is 0.223 e. The number of carbonyl (C=O) groups is 1. The van der Waals surface area contributed by atoms with Gasteiger partial charge in [0.15, 0.2) is 5.13 Å². The first-order valence-electron chi connectivity index (χ1n) is 8.45. The second-order valence-electron chi connectivity index (χ2n) is 6.53. The van der Waals surface area contributed by atoms with Crippen LogP contribution in [0.1, 0.15) is 36.0 Å². The Bertz CT molecular complexity index is 700. The zero-order valence-corrected chi connectivity index (χ0v) is 15.1. The van der Waals surface area contributed by atoms with Crippen molar-refractivity contribution in [3.63, 3.8) is 0 Å². The molecule has 0 spiro atoms. The van der Waals surface area contributed by atoms with E-state index in [-0.39, 0.29) is 5.91 Å². The molecule has 2 aromatic rings. The largest absolute Gasteiger partial charge is 0.302 e. The molecule has 1 aliphatic heterocycles. The van der Waals surface area contributed by atoms with Gasteiger partial charge in [0.2, 0.25) is 5.91 Å². The van der Waals surface area contributed by atoms with Crippen molar-refractivity contribution in [2.45, 2.75) is 39.7 Å². The third-order valence-electron chi connectivity index (χ3n) is 4.26. The molecule has 1 aliphatic rings. The van der Waals surface area contributed by atoms with Crippen molar-refractivity contribution in [2.75, 3.05) is 18.4 Å². The van der Waals surface area contributed by atoms with Gasteiger partial charge >= 0.3 is 0 Å². The highest BCUT2D eigenvalue weighted by molar-refractivity contribution is 7.15. The lowest BCUT2D eigenvalue weighted by molar-refractivity contribution is -0.114. The van der Waals surface area contributed by atoms with Gasteiger partial charge in [0.05, 0.1) is 0 Å². The molecule has 3 heterocycles. The monoisotopic (exact) mass is 344 g/mol. The van der Waals surface area contributed by atoms with E-state index in [4.69, 9.17) is 0 Å². The van der Waals surface area contributed by atoms with E-state index >= 15 is 0 Å². The fourth-order valence-electron chi connectivity index (χ4n) is 3.28. The van der Waals surface area contributed by atoms with Crippen LogP contribution in [-0.2, 0) is 17.8 Å². The van der Waals surface area contributed by atoms with E-state index < -0.39 is 0 Å². The highest BCUT2D eigenvalue weighted by atomic mass is 32.1. The summed E-state index contributed by atoms with van der Waals surface area (Å²) in [5.74, 6) is 0.593. The number of piperidine rings is 1. The van der Waals surface area contributed by atoms with Gasteiger partial charge in [-0.05, 0) is 50.8 Å². The molecule has 1 fully saturated rings. The number of likely N-dealkylation sites (tertiary alicyclic amines) is 1. The third kappa shape index (κ3) is 4.85. The van der Waals surface area contributed by atoms with Crippen LogP contribution in [0.3, 0.4) is 0 Å². The minimum atomic E-state index is -0.0698. The maximum Gasteiger partial charge on any atom is 0.223 e. The summed E-state index contributed by atoms with van der Waals surface area (Å²) >= 11 is 1.56. The predicted octanol–water partition coefficient (Wildman–Crippen LogP) is 3.26. The fraction of sp³-hybridized carbons (Fsp3) is 0.500. The number of hydrogen-bond donors (Lipinski definition) is 1. The molecule has 1 atom stereocenters. The number of amides is 1. The quantitative estimate of drug-likeness (QED) is 0.904. The van der Waals surface area contributed by atoms with E-state index in [0.29, 0.717) is 11.0 Å². The van der Waals surface area contributed by atoms with Gasteiger partial charge in [0, 0.05) is 42.5 Å². The van der Waals surface area contributed by atoms with Crippen LogP contribution >= 0.6 is 11.3 Å². The lowest BCUT2D eigenvalue weighted by atomic mass is 9.93. The van der Waals surface area contributed by atoms with Crippen LogP contribution in [0.4, 0.5) is 5.13 Å². The summed E-state index contributed by atoms with van der Waals surface area (Å²) in [5, 5.41) is 3.44. The van der Waals surface area contributed by atoms with E-state index in [1.165, 1.54) is 30.3 Å². The van der Waals surface area contributed by atoms with Gasteiger partial charge in [-0.25, -0.2) is 4.98 Å². The molecule has 0 saturated carbocycles. The number of carbonyl (C=O) groups excluding carboxylic acids is 1. The molecule has 0 radical (unpaired) electrons. The number of aryl methyl sites for hydroxylation is 1. The maximum absolute atomic E-state index is 11.1. The van der Waals surface area contributed by atoms with Gasteiger partial charge < -0.3 is 5.32 Å². The summed E-state index contributed by atoms with van der Waals surface area (Å²) in [5.41, 5.74) is 2.29. The van der Waals surface area contributed by atoms with Crippen molar-refractivity contribution in [3.05, 3.63) is 40.7 Å². The standard InChI is InChI=1S/C18H24N4OS/c1-13-5-3-7-16(20-13)9-15-6-4-8-22(11-15)12-17-10-19-18(24-17)21-14(2)23/h3,5,7,10,15H,4,6,8-9,11-12H2,1-2H3,(H,19,21,23)/t15-/m0/s1. The Labute approximate surface area is 147 Å². The highest BCUT2D eigenvalue weighted by Gasteiger charge is 2.21. The molecule has 1 saturated heterocycles. The van der Waals surface area contributed by atoms with Crippen LogP contribution in [0, 0.1) is 12.8 Å². The van der Waals surface area contributed by atoms with E-state index in [1.54, 1.807) is 11.3 Å². The Kier molecular flexibility index (Phi) is 5.58. The lowest BCUT2D eigenvalue weighted by Gasteiger charge is -2.32. The highest BCUT2D eigenvalue weighted by Crippen LogP contribution is 2.24. The zero-order chi connectivity index (χ0) is 16.9. The van der Waals surface area contributed by atoms with E-state index in [0.717, 1.165) is 31.7 Å². The van der Waals surface area contributed by atoms with E-state index in [2.05, 4.69) is 32.3 Å². The SMILES string of the molecule is CC(=O)Nc1ncc(CN2CCC[C@@H](Cc3cccc(C)n3)C2)s1. The normalized spacial score (nSPS) is 18.5. The van der Waals surface area contributed by atoms with Crippen molar-refractivity contribution in [3.8, 4) is 0 Å². The van der Waals surface area contributed by atoms with Gasteiger partial charge in [0.25, 0.3) is 0 Å². The summed E-state index contributed by atoms with van der Waals surface area (Å²) in [6.45, 7) is 6.70. The molecule has 0 bridgehead atoms. The van der Waals surface area contributed by atoms with Crippen molar-refractivity contribution < 1.29 is 4.79 Å². The summed E-state index contributed by atoms with van der Waals surface area (Å²) in [6, 6.07) is 6.28. The average Bonchev–Trinajstić information content (AvgIpc) is 2.94. The molecule has 0 unspecified atom stereocenters. The van der Waals surface area contributed by atoms with Crippen LogP contribution in [0.5, 0.6) is 0 Å². The van der Waals surface area contributed by atoms with Crippen molar-refractivity contribution >= 4 is 22.4 Å². The Morgan fingerprint density at radius 3 is 3.12 bits per heavy atom. The molecule has 128 valence electrons. The summed E-state index contributed by atoms with van der Waals surface area (Å²) in [4.78, 5) is 23.7. The molecule has 24 heavy (non-hydrogen) atoms. The second-order valence-corrected chi connectivity index (χ2v) is 7.65. The van der Waals surface area contributed by atoms with E-state index in [9.17, 15) is 4.79 Å². The maximum atomic E-state index is 11.1. The number of hydrogen-bond acceptors (Lipinski definition) is 5. The zero-order valence-electron chi connectivity index (χ0n) is 14.3. The van der Waals surface area contributed by atoms with Gasteiger partial charge in [-0.1, -0.05) is 6.07 Å². The first kappa shape index (κ1) is 17.0. The number of anilines is 1. The second kappa shape index (κ2) is 7.85. The number of pyridine rings is 1. The molecular formula is C18H24N4OS. The predicted molar refractivity (Wildman–Crippen MR) is 97.1 cm³/mol. The molecule has 6 heteroatoms. The molecule has 0 aromatic carbocycles. The van der Waals surface area contributed by atoms with Crippen molar-refractivity contribution in [2.24, 2.45) is 5.92 Å². The lowest BCUT2D eigenvalue weighted by Crippen LogP contribution is -2.35. The molecular weight excluding hydrogens is 320 g/mol. The third-order valence-corrected chi connectivity index (χ3v) is 5.16. The van der Waals surface area contributed by atoms with E-state index in [1.807, 2.05) is 19.2 Å². The van der Waals surface area contributed by atoms with Crippen LogP contribution in [-0.4, -0.2) is 33.9 Å². The number of nitrogens with zero attached hydrogens (tertiary/aromatic N) is 3. The first-order valence-corrected chi connectivity index (χ1v) is 9.27. The van der Waals surface area contributed by atoms with Crippen molar-refractivity contribution in [1.29, 1.82) is 0 Å². The Balaban J connectivity index is 1.55. The van der Waals surface area contributed by atoms with Gasteiger partial charge in [-0.15, -0.1) is 11.3 Å². The minimum absolute atomic E-state index is 0.0698. The van der Waals surface area contributed by atoms with Crippen LogP contribution in [0.25, 0.3) is 0 Å². The topological polar surface area (TPSA) is 58.1 Å². The minimum Gasteiger partial charge on any atom is -0.302 e. The summed E-state index contributed by atoms with van der Waals surface area (Å²) in [6.07, 6.45) is 5.43. The Morgan fingerprint density at radius 2 is 2.33 bits per heavy atom. The van der Waals surface area contributed by atoms with Crippen LogP contribution < -0.4 is 5.32 Å². The van der Waals surface area contributed by atoms with Crippen molar-refractivity contribution in [1.82, 2.24) is 14.9 Å². The Hall–Kier alpha value is -1.79. The molecule has 1 amide bonds. The number of aromatic nitrogens is 2. The first-order chi connectivity index (χ1) is 11.6. The molecule has 0 aliphatic carbocycles. The van der Waals surface area contributed by atoms with Gasteiger partial charge in [-0.3, -0.25) is 14.7 Å². The Morgan fingerprint density at radius 1 is 1.46 bits per heavy atom. The number of rotatable bonds is 5. The number of nitrogens with one attached hydrogen (secondary N) is 1. The summed E-state index contributed by atoms with van der Waals surface area (Å²) < 4.78 is 0. The van der Waals surface area contributed by atoms with Gasteiger partial charge in [-0.2, -0.15) is 0 Å².